The van der Waals surface area contributed by atoms with Crippen molar-refractivity contribution in [3.8, 4) is 33.4 Å². The van der Waals surface area contributed by atoms with Crippen molar-refractivity contribution in [1.29, 1.82) is 0 Å². The summed E-state index contributed by atoms with van der Waals surface area (Å²) >= 11 is 1.63. The van der Waals surface area contributed by atoms with Gasteiger partial charge in [0.1, 0.15) is 23.9 Å². The SMILES string of the molecule is Cc1ccc(-c2sc3cc(O)ccc3c2Oc2ccc(OC[C@H](C)N3CCN(C)CC3)cc2)cc1. The van der Waals surface area contributed by atoms with Crippen molar-refractivity contribution in [2.75, 3.05) is 39.8 Å². The minimum atomic E-state index is 0.257. The Labute approximate surface area is 211 Å². The molecular formula is C29H32N2O3S. The molecule has 6 heteroatoms. The molecule has 1 saturated heterocycles. The molecule has 1 aliphatic heterocycles. The topological polar surface area (TPSA) is 45.2 Å². The quantitative estimate of drug-likeness (QED) is 0.327. The highest BCUT2D eigenvalue weighted by Gasteiger charge is 2.20. The number of ether oxygens (including phenoxy) is 2. The van der Waals surface area contributed by atoms with Gasteiger partial charge < -0.3 is 19.5 Å². The van der Waals surface area contributed by atoms with Crippen LogP contribution in [-0.2, 0) is 0 Å². The van der Waals surface area contributed by atoms with Crippen LogP contribution in [-0.4, -0.2) is 60.8 Å². The second-order valence-electron chi connectivity index (χ2n) is 9.38. The molecule has 0 amide bonds. The lowest BCUT2D eigenvalue weighted by Crippen LogP contribution is -2.49. The summed E-state index contributed by atoms with van der Waals surface area (Å²) in [5.41, 5.74) is 2.32. The molecule has 0 spiro atoms. The first-order valence-corrected chi connectivity index (χ1v) is 12.9. The number of thiophene rings is 1. The highest BCUT2D eigenvalue weighted by atomic mass is 32.1. The van der Waals surface area contributed by atoms with Crippen LogP contribution in [0.15, 0.2) is 66.7 Å². The molecule has 182 valence electrons. The van der Waals surface area contributed by atoms with Crippen molar-refractivity contribution in [2.45, 2.75) is 19.9 Å². The monoisotopic (exact) mass is 488 g/mol. The fourth-order valence-electron chi connectivity index (χ4n) is 4.36. The summed E-state index contributed by atoms with van der Waals surface area (Å²) in [6.07, 6.45) is 0. The summed E-state index contributed by atoms with van der Waals surface area (Å²) in [7, 11) is 2.18. The summed E-state index contributed by atoms with van der Waals surface area (Å²) in [4.78, 5) is 5.91. The zero-order valence-corrected chi connectivity index (χ0v) is 21.3. The number of fused-ring (bicyclic) bond motifs is 1. The lowest BCUT2D eigenvalue weighted by molar-refractivity contribution is 0.0904. The van der Waals surface area contributed by atoms with Crippen molar-refractivity contribution in [3.63, 3.8) is 0 Å². The van der Waals surface area contributed by atoms with Crippen molar-refractivity contribution in [3.05, 3.63) is 72.3 Å². The van der Waals surface area contributed by atoms with Gasteiger partial charge in [-0.25, -0.2) is 0 Å². The average molecular weight is 489 g/mol. The Balaban J connectivity index is 1.32. The van der Waals surface area contributed by atoms with E-state index in [1.807, 2.05) is 30.3 Å². The van der Waals surface area contributed by atoms with Crippen molar-refractivity contribution in [1.82, 2.24) is 9.80 Å². The number of aryl methyl sites for hydroxylation is 1. The first-order valence-electron chi connectivity index (χ1n) is 12.1. The summed E-state index contributed by atoms with van der Waals surface area (Å²) in [5.74, 6) is 2.67. The Kier molecular flexibility index (Phi) is 6.95. The molecule has 3 aromatic carbocycles. The minimum absolute atomic E-state index is 0.257. The van der Waals surface area contributed by atoms with Gasteiger partial charge in [0.2, 0.25) is 0 Å². The van der Waals surface area contributed by atoms with E-state index in [1.165, 1.54) is 5.56 Å². The van der Waals surface area contributed by atoms with Crippen LogP contribution < -0.4 is 9.47 Å². The molecule has 0 radical (unpaired) electrons. The number of nitrogens with zero attached hydrogens (tertiary/aromatic N) is 2. The second kappa shape index (κ2) is 10.3. The maximum atomic E-state index is 9.99. The molecule has 5 rings (SSSR count). The molecule has 2 heterocycles. The maximum absolute atomic E-state index is 9.99. The highest BCUT2D eigenvalue weighted by Crippen LogP contribution is 2.47. The molecule has 0 aliphatic carbocycles. The Bertz CT molecular complexity index is 1280. The second-order valence-corrected chi connectivity index (χ2v) is 10.4. The van der Waals surface area contributed by atoms with E-state index in [0.717, 1.165) is 64.0 Å². The van der Waals surface area contributed by atoms with Crippen molar-refractivity contribution < 1.29 is 14.6 Å². The van der Waals surface area contributed by atoms with Gasteiger partial charge in [0.05, 0.1) is 4.88 Å². The standard InChI is InChI=1S/C29H32N2O3S/c1-20-4-6-22(7-5-20)29-28(26-13-8-23(32)18-27(26)35-29)34-25-11-9-24(10-12-25)33-19-21(2)31-16-14-30(3)15-17-31/h4-13,18,21,32H,14-17,19H2,1-3H3/t21-/m0/s1. The largest absolute Gasteiger partial charge is 0.508 e. The Hall–Kier alpha value is -3.06. The first-order chi connectivity index (χ1) is 17.0. The van der Waals surface area contributed by atoms with Gasteiger partial charge in [-0.1, -0.05) is 29.8 Å². The molecule has 1 fully saturated rings. The molecule has 1 N–H and O–H groups in total. The van der Waals surface area contributed by atoms with E-state index < -0.39 is 0 Å². The predicted molar refractivity (Wildman–Crippen MR) is 144 cm³/mol. The number of rotatable bonds is 7. The van der Waals surface area contributed by atoms with Gasteiger partial charge in [-0.3, -0.25) is 4.90 Å². The van der Waals surface area contributed by atoms with Gasteiger partial charge in [-0.05, 0) is 68.9 Å². The van der Waals surface area contributed by atoms with Crippen LogP contribution in [0.2, 0.25) is 0 Å². The highest BCUT2D eigenvalue weighted by molar-refractivity contribution is 7.22. The van der Waals surface area contributed by atoms with Gasteiger partial charge in [0.15, 0.2) is 5.75 Å². The van der Waals surface area contributed by atoms with E-state index in [9.17, 15) is 5.11 Å². The zero-order chi connectivity index (χ0) is 24.4. The van der Waals surface area contributed by atoms with E-state index in [4.69, 9.17) is 9.47 Å². The number of benzene rings is 3. The lowest BCUT2D eigenvalue weighted by Gasteiger charge is -2.36. The molecule has 5 nitrogen and oxygen atoms in total. The van der Waals surface area contributed by atoms with E-state index in [-0.39, 0.29) is 5.75 Å². The van der Waals surface area contributed by atoms with Crippen LogP contribution in [0.4, 0.5) is 0 Å². The third kappa shape index (κ3) is 5.45. The fourth-order valence-corrected chi connectivity index (χ4v) is 5.53. The number of hydrogen-bond acceptors (Lipinski definition) is 6. The number of likely N-dealkylation sites (N-methyl/N-ethyl adjacent to an activating group) is 1. The zero-order valence-electron chi connectivity index (χ0n) is 20.5. The van der Waals surface area contributed by atoms with Crippen LogP contribution in [0.3, 0.4) is 0 Å². The van der Waals surface area contributed by atoms with Crippen molar-refractivity contribution in [2.24, 2.45) is 0 Å². The van der Waals surface area contributed by atoms with Crippen LogP contribution in [0.1, 0.15) is 12.5 Å². The average Bonchev–Trinajstić information content (AvgIpc) is 3.21. The van der Waals surface area contributed by atoms with Gasteiger partial charge in [0.25, 0.3) is 0 Å². The van der Waals surface area contributed by atoms with Crippen LogP contribution in [0.25, 0.3) is 20.5 Å². The van der Waals surface area contributed by atoms with E-state index >= 15 is 0 Å². The van der Waals surface area contributed by atoms with E-state index in [0.29, 0.717) is 12.6 Å². The minimum Gasteiger partial charge on any atom is -0.508 e. The third-order valence-electron chi connectivity index (χ3n) is 6.64. The Morgan fingerprint density at radius 1 is 0.914 bits per heavy atom. The fraction of sp³-hybridized carbons (Fsp3) is 0.310. The molecule has 1 aliphatic rings. The molecular weight excluding hydrogens is 456 g/mol. The maximum Gasteiger partial charge on any atom is 0.153 e. The number of hydrogen-bond donors (Lipinski definition) is 1. The van der Waals surface area contributed by atoms with Crippen LogP contribution in [0, 0.1) is 6.92 Å². The Morgan fingerprint density at radius 2 is 1.60 bits per heavy atom. The molecule has 1 aromatic heterocycles. The van der Waals surface area contributed by atoms with Gasteiger partial charge in [-0.15, -0.1) is 11.3 Å². The van der Waals surface area contributed by atoms with Crippen LogP contribution in [0.5, 0.6) is 23.0 Å². The third-order valence-corrected chi connectivity index (χ3v) is 7.82. The molecule has 35 heavy (non-hydrogen) atoms. The van der Waals surface area contributed by atoms with Gasteiger partial charge >= 0.3 is 0 Å². The molecule has 1 atom stereocenters. The summed E-state index contributed by atoms with van der Waals surface area (Å²) in [5, 5.41) is 11.0. The molecule has 4 aromatic rings. The van der Waals surface area contributed by atoms with E-state index in [2.05, 4.69) is 55.0 Å². The first kappa shape index (κ1) is 23.7. The number of aromatic hydroxyl groups is 1. The smallest absolute Gasteiger partial charge is 0.153 e. The van der Waals surface area contributed by atoms with E-state index in [1.54, 1.807) is 23.5 Å². The number of phenols is 1. The number of phenolic OH excluding ortho intramolecular Hbond substituents is 1. The normalized spacial score (nSPS) is 15.9. The summed E-state index contributed by atoms with van der Waals surface area (Å²) in [6.45, 7) is 9.37. The lowest BCUT2D eigenvalue weighted by atomic mass is 10.1. The Morgan fingerprint density at radius 3 is 2.31 bits per heavy atom. The molecule has 0 unspecified atom stereocenters. The van der Waals surface area contributed by atoms with Crippen LogP contribution >= 0.6 is 11.3 Å². The molecule has 0 bridgehead atoms. The number of piperazine rings is 1. The van der Waals surface area contributed by atoms with Gasteiger partial charge in [0, 0.05) is 42.3 Å². The predicted octanol–water partition coefficient (Wildman–Crippen LogP) is 6.39. The molecule has 0 saturated carbocycles. The van der Waals surface area contributed by atoms with Crippen molar-refractivity contribution >= 4 is 21.4 Å². The summed E-state index contributed by atoms with van der Waals surface area (Å²) in [6, 6.07) is 22.1. The summed E-state index contributed by atoms with van der Waals surface area (Å²) < 4.78 is 13.5. The van der Waals surface area contributed by atoms with Gasteiger partial charge in [-0.2, -0.15) is 0 Å².